The first kappa shape index (κ1) is 13.1. The van der Waals surface area contributed by atoms with E-state index in [0.717, 1.165) is 23.8 Å². The van der Waals surface area contributed by atoms with Crippen molar-refractivity contribution in [3.63, 3.8) is 0 Å². The predicted molar refractivity (Wildman–Crippen MR) is 73.9 cm³/mol. The Kier molecular flexibility index (Phi) is 4.67. The molecule has 2 N–H and O–H groups in total. The van der Waals surface area contributed by atoms with E-state index in [1.165, 1.54) is 45.1 Å². The number of hydrogen-bond acceptors (Lipinski definition) is 0. The molecule has 98 valence electrons. The van der Waals surface area contributed by atoms with Crippen molar-refractivity contribution in [3.05, 3.63) is 11.6 Å². The van der Waals surface area contributed by atoms with E-state index in [1.54, 1.807) is 5.57 Å². The van der Waals surface area contributed by atoms with Gasteiger partial charge in [0.15, 0.2) is 0 Å². The van der Waals surface area contributed by atoms with Gasteiger partial charge in [0.2, 0.25) is 0 Å². The van der Waals surface area contributed by atoms with Crippen LogP contribution in [-0.4, -0.2) is 12.6 Å². The second-order valence-electron chi connectivity index (χ2n) is 6.59. The molecule has 3 atom stereocenters. The van der Waals surface area contributed by atoms with Crippen LogP contribution in [-0.2, 0) is 0 Å². The topological polar surface area (TPSA) is 16.6 Å². The van der Waals surface area contributed by atoms with Gasteiger partial charge in [-0.2, -0.15) is 0 Å². The fourth-order valence-electron chi connectivity index (χ4n) is 3.98. The molecule has 0 heterocycles. The van der Waals surface area contributed by atoms with Gasteiger partial charge in [0.1, 0.15) is 0 Å². The molecule has 1 fully saturated rings. The predicted octanol–water partition coefficient (Wildman–Crippen LogP) is 3.12. The van der Waals surface area contributed by atoms with E-state index in [4.69, 9.17) is 0 Å². The van der Waals surface area contributed by atoms with Crippen LogP contribution in [0.2, 0.25) is 0 Å². The first-order valence-corrected chi connectivity index (χ1v) is 7.67. The summed E-state index contributed by atoms with van der Waals surface area (Å²) in [5.74, 6) is 2.58. The van der Waals surface area contributed by atoms with Crippen molar-refractivity contribution in [2.75, 3.05) is 6.54 Å². The third-order valence-corrected chi connectivity index (χ3v) is 4.99. The molecule has 17 heavy (non-hydrogen) atoms. The molecule has 1 saturated carbocycles. The lowest BCUT2D eigenvalue weighted by Crippen LogP contribution is -2.91. The highest BCUT2D eigenvalue weighted by Crippen LogP contribution is 2.32. The molecule has 0 aromatic rings. The van der Waals surface area contributed by atoms with E-state index in [0.29, 0.717) is 0 Å². The summed E-state index contributed by atoms with van der Waals surface area (Å²) >= 11 is 0. The van der Waals surface area contributed by atoms with Crippen LogP contribution >= 0.6 is 0 Å². The lowest BCUT2D eigenvalue weighted by Gasteiger charge is -2.33. The Labute approximate surface area is 107 Å². The first-order chi connectivity index (χ1) is 8.16. The van der Waals surface area contributed by atoms with Gasteiger partial charge in [-0.1, -0.05) is 31.9 Å². The third-order valence-electron chi connectivity index (χ3n) is 4.99. The molecule has 2 rings (SSSR count). The lowest BCUT2D eigenvalue weighted by atomic mass is 9.75. The highest BCUT2D eigenvalue weighted by molar-refractivity contribution is 5.07. The van der Waals surface area contributed by atoms with Crippen LogP contribution < -0.4 is 5.32 Å². The van der Waals surface area contributed by atoms with Crippen molar-refractivity contribution < 1.29 is 5.32 Å². The summed E-state index contributed by atoms with van der Waals surface area (Å²) in [4.78, 5) is 0. The molecular formula is C16H30N+. The average molecular weight is 236 g/mol. The zero-order valence-corrected chi connectivity index (χ0v) is 11.9. The number of quaternary nitrogens is 1. The van der Waals surface area contributed by atoms with E-state index >= 15 is 0 Å². The number of rotatable bonds is 3. The van der Waals surface area contributed by atoms with Crippen molar-refractivity contribution in [1.82, 2.24) is 0 Å². The fourth-order valence-corrected chi connectivity index (χ4v) is 3.98. The summed E-state index contributed by atoms with van der Waals surface area (Å²) < 4.78 is 0. The van der Waals surface area contributed by atoms with Gasteiger partial charge in [0.05, 0.1) is 12.6 Å². The minimum absolute atomic E-state index is 0.790. The third kappa shape index (κ3) is 3.58. The molecule has 0 aromatic heterocycles. The molecule has 1 heteroatoms. The maximum Gasteiger partial charge on any atom is 0.0859 e. The van der Waals surface area contributed by atoms with Gasteiger partial charge < -0.3 is 5.32 Å². The van der Waals surface area contributed by atoms with Crippen LogP contribution in [0.15, 0.2) is 11.6 Å². The number of nitrogens with two attached hydrogens (primary N) is 1. The van der Waals surface area contributed by atoms with E-state index in [2.05, 4.69) is 32.2 Å². The Morgan fingerprint density at radius 2 is 1.88 bits per heavy atom. The molecular weight excluding hydrogens is 206 g/mol. The monoisotopic (exact) mass is 236 g/mol. The van der Waals surface area contributed by atoms with Gasteiger partial charge in [0, 0.05) is 5.92 Å². The summed E-state index contributed by atoms with van der Waals surface area (Å²) in [6.07, 6.45) is 11.2. The largest absolute Gasteiger partial charge is 0.344 e. The molecule has 0 bridgehead atoms. The maximum atomic E-state index is 2.67. The zero-order valence-electron chi connectivity index (χ0n) is 11.9. The van der Waals surface area contributed by atoms with Crippen molar-refractivity contribution >= 4 is 0 Å². The van der Waals surface area contributed by atoms with Gasteiger partial charge >= 0.3 is 0 Å². The molecule has 1 nitrogen and oxygen atoms in total. The number of allylic oxidation sites excluding steroid dienone is 2. The van der Waals surface area contributed by atoms with Crippen molar-refractivity contribution in [3.8, 4) is 0 Å². The maximum absolute atomic E-state index is 2.67. The average Bonchev–Trinajstić information content (AvgIpc) is 2.29. The Balaban J connectivity index is 1.81. The van der Waals surface area contributed by atoms with Crippen LogP contribution in [0.25, 0.3) is 0 Å². The minimum atomic E-state index is 0.790. The van der Waals surface area contributed by atoms with E-state index in [9.17, 15) is 0 Å². The van der Waals surface area contributed by atoms with Crippen LogP contribution in [0, 0.1) is 17.8 Å². The SMILES string of the molecule is CC1=C[C@H](C)[C@H](C[NH2+]C2CCCCC2)[C@@H](C)C1. The Morgan fingerprint density at radius 1 is 1.18 bits per heavy atom. The van der Waals surface area contributed by atoms with E-state index < -0.39 is 0 Å². The molecule has 2 aliphatic carbocycles. The van der Waals surface area contributed by atoms with Gasteiger partial charge in [-0.05, 0) is 50.9 Å². The van der Waals surface area contributed by atoms with Crippen molar-refractivity contribution in [1.29, 1.82) is 0 Å². The normalized spacial score (nSPS) is 35.7. The van der Waals surface area contributed by atoms with Crippen LogP contribution in [0.3, 0.4) is 0 Å². The number of hydrogen-bond donors (Lipinski definition) is 1. The fraction of sp³-hybridized carbons (Fsp3) is 0.875. The van der Waals surface area contributed by atoms with Gasteiger partial charge in [-0.15, -0.1) is 0 Å². The first-order valence-electron chi connectivity index (χ1n) is 7.67. The van der Waals surface area contributed by atoms with Gasteiger partial charge in [-0.3, -0.25) is 0 Å². The van der Waals surface area contributed by atoms with E-state index in [-0.39, 0.29) is 0 Å². The highest BCUT2D eigenvalue weighted by atomic mass is 14.9. The van der Waals surface area contributed by atoms with E-state index in [1.807, 2.05) is 0 Å². The Morgan fingerprint density at radius 3 is 2.53 bits per heavy atom. The Hall–Kier alpha value is -0.300. The molecule has 0 aliphatic heterocycles. The minimum Gasteiger partial charge on any atom is -0.344 e. The zero-order chi connectivity index (χ0) is 12.3. The standard InChI is InChI=1S/C16H29N/c1-12-9-13(2)16(14(3)10-12)11-17-15-7-5-4-6-8-15/h9,13-17H,4-8,10-11H2,1-3H3/p+1/t13-,14-,16-/m0/s1. The van der Waals surface area contributed by atoms with Crippen LogP contribution in [0.1, 0.15) is 59.3 Å². The molecule has 0 unspecified atom stereocenters. The van der Waals surface area contributed by atoms with Crippen LogP contribution in [0.5, 0.6) is 0 Å². The highest BCUT2D eigenvalue weighted by Gasteiger charge is 2.29. The molecule has 0 radical (unpaired) electrons. The summed E-state index contributed by atoms with van der Waals surface area (Å²) in [5.41, 5.74) is 1.61. The second-order valence-corrected chi connectivity index (χ2v) is 6.59. The molecule has 0 amide bonds. The lowest BCUT2D eigenvalue weighted by molar-refractivity contribution is -0.698. The van der Waals surface area contributed by atoms with Gasteiger partial charge in [0.25, 0.3) is 0 Å². The summed E-state index contributed by atoms with van der Waals surface area (Å²) in [7, 11) is 0. The summed E-state index contributed by atoms with van der Waals surface area (Å²) in [6.45, 7) is 8.52. The molecule has 0 aromatic carbocycles. The summed E-state index contributed by atoms with van der Waals surface area (Å²) in [5, 5.41) is 2.67. The van der Waals surface area contributed by atoms with Crippen molar-refractivity contribution in [2.45, 2.75) is 65.3 Å². The second kappa shape index (κ2) is 6.04. The molecule has 0 spiro atoms. The Bertz CT molecular complexity index is 263. The summed E-state index contributed by atoms with van der Waals surface area (Å²) in [6, 6.07) is 0.940. The van der Waals surface area contributed by atoms with Crippen LogP contribution in [0.4, 0.5) is 0 Å². The van der Waals surface area contributed by atoms with Crippen molar-refractivity contribution in [2.24, 2.45) is 17.8 Å². The van der Waals surface area contributed by atoms with Gasteiger partial charge in [-0.25, -0.2) is 0 Å². The smallest absolute Gasteiger partial charge is 0.0859 e. The molecule has 0 saturated heterocycles. The molecule has 2 aliphatic rings. The quantitative estimate of drug-likeness (QED) is 0.725.